The van der Waals surface area contributed by atoms with Gasteiger partial charge in [-0.1, -0.05) is 29.4 Å². The fourth-order valence-electron chi connectivity index (χ4n) is 3.77. The van der Waals surface area contributed by atoms with Gasteiger partial charge in [-0.2, -0.15) is 0 Å². The van der Waals surface area contributed by atoms with Crippen molar-refractivity contribution in [2.75, 3.05) is 6.61 Å². The minimum Gasteiger partial charge on any atom is -0.461 e. The molecule has 1 aromatic carbocycles. The molecule has 11 nitrogen and oxygen atoms in total. The number of ether oxygens (including phenoxy) is 2. The van der Waals surface area contributed by atoms with E-state index in [-0.39, 0.29) is 42.5 Å². The summed E-state index contributed by atoms with van der Waals surface area (Å²) in [6.45, 7) is 0.626. The number of nitro groups is 1. The van der Waals surface area contributed by atoms with Gasteiger partial charge >= 0.3 is 11.9 Å². The van der Waals surface area contributed by atoms with Crippen molar-refractivity contribution in [3.63, 3.8) is 0 Å². The molecule has 38 heavy (non-hydrogen) atoms. The van der Waals surface area contributed by atoms with Crippen molar-refractivity contribution in [3.8, 4) is 0 Å². The number of nitro benzene ring substituents is 1. The Morgan fingerprint density at radius 1 is 1.18 bits per heavy atom. The molecule has 3 heterocycles. The molecule has 0 bridgehead atoms. The number of nitrogens with one attached hydrogen (secondary N) is 1. The third-order valence-electron chi connectivity index (χ3n) is 5.58. The Hall–Kier alpha value is -3.68. The Labute approximate surface area is 229 Å². The summed E-state index contributed by atoms with van der Waals surface area (Å²) in [5.74, 6) is -2.37. The second-order valence-electron chi connectivity index (χ2n) is 8.10. The van der Waals surface area contributed by atoms with Gasteiger partial charge in [-0.05, 0) is 29.1 Å². The predicted molar refractivity (Wildman–Crippen MR) is 139 cm³/mol. The zero-order chi connectivity index (χ0) is 27.4. The lowest BCUT2D eigenvalue weighted by atomic mass is 10.0. The van der Waals surface area contributed by atoms with E-state index in [1.165, 1.54) is 53.0 Å². The van der Waals surface area contributed by atoms with Crippen LogP contribution in [0.3, 0.4) is 0 Å². The third-order valence-corrected chi connectivity index (χ3v) is 8.14. The number of hydrogen-bond acceptors (Lipinski definition) is 10. The van der Waals surface area contributed by atoms with Gasteiger partial charge in [-0.25, -0.2) is 4.79 Å². The molecule has 198 valence electrons. The van der Waals surface area contributed by atoms with Gasteiger partial charge in [0.15, 0.2) is 0 Å². The number of nitrogens with zero attached hydrogens (tertiary/aromatic N) is 2. The van der Waals surface area contributed by atoms with Gasteiger partial charge in [0, 0.05) is 39.9 Å². The van der Waals surface area contributed by atoms with E-state index >= 15 is 0 Å². The van der Waals surface area contributed by atoms with Crippen LogP contribution in [0.15, 0.2) is 63.5 Å². The van der Waals surface area contributed by atoms with Crippen LogP contribution in [0, 0.1) is 10.1 Å². The molecule has 0 saturated carbocycles. The number of carbonyl (C=O) groups excluding carboxylic acids is 4. The molecule has 1 fully saturated rings. The maximum atomic E-state index is 13.3. The minimum atomic E-state index is -0.910. The maximum Gasteiger partial charge on any atom is 0.355 e. The molecule has 4 rings (SSSR count). The number of fused-ring (bicyclic) bond motifs is 1. The van der Waals surface area contributed by atoms with Gasteiger partial charge in [-0.15, -0.1) is 11.3 Å². The van der Waals surface area contributed by atoms with Crippen molar-refractivity contribution in [1.82, 2.24) is 10.2 Å². The second-order valence-corrected chi connectivity index (χ2v) is 10.5. The standard InChI is InChI=1S/C24H20ClN3O8S2/c1-13(29)35-12-17-18(10-25)38-23-20(26-19(30)9-16-3-2-8-37-16)22(31)27(23)21(17)24(32)36-11-14-4-6-15(7-5-14)28(33)34/h2-8,10,20,23H,9,11-12H2,1H3,(H,26,30)/b18-10-. The molecule has 1 N–H and O–H groups in total. The van der Waals surface area contributed by atoms with Gasteiger partial charge in [-0.3, -0.25) is 29.4 Å². The lowest BCUT2D eigenvalue weighted by Crippen LogP contribution is -2.70. The van der Waals surface area contributed by atoms with E-state index in [2.05, 4.69) is 5.32 Å². The van der Waals surface area contributed by atoms with Crippen LogP contribution in [0.5, 0.6) is 0 Å². The predicted octanol–water partition coefficient (Wildman–Crippen LogP) is 3.24. The van der Waals surface area contributed by atoms with Gasteiger partial charge in [0.25, 0.3) is 11.6 Å². The average molecular weight is 578 g/mol. The van der Waals surface area contributed by atoms with Gasteiger partial charge in [0.2, 0.25) is 5.91 Å². The Balaban J connectivity index is 1.55. The molecular weight excluding hydrogens is 558 g/mol. The van der Waals surface area contributed by atoms with Crippen LogP contribution in [0.1, 0.15) is 17.4 Å². The van der Waals surface area contributed by atoms with Gasteiger partial charge in [0.1, 0.15) is 30.3 Å². The number of halogens is 1. The van der Waals surface area contributed by atoms with E-state index in [1.807, 2.05) is 17.5 Å². The van der Waals surface area contributed by atoms with Crippen molar-refractivity contribution >= 4 is 64.1 Å². The summed E-state index contributed by atoms with van der Waals surface area (Å²) in [4.78, 5) is 63.1. The molecule has 0 radical (unpaired) electrons. The van der Waals surface area contributed by atoms with Crippen LogP contribution in [0.2, 0.25) is 0 Å². The lowest BCUT2D eigenvalue weighted by molar-refractivity contribution is -0.384. The highest BCUT2D eigenvalue weighted by atomic mass is 35.5. The van der Waals surface area contributed by atoms with Crippen LogP contribution in [-0.4, -0.2) is 51.6 Å². The molecule has 1 aromatic heterocycles. The first-order chi connectivity index (χ1) is 18.2. The molecule has 2 unspecified atom stereocenters. The van der Waals surface area contributed by atoms with Crippen LogP contribution >= 0.6 is 34.7 Å². The van der Waals surface area contributed by atoms with Gasteiger partial charge in [0.05, 0.1) is 11.3 Å². The number of thioether (sulfide) groups is 1. The van der Waals surface area contributed by atoms with E-state index in [4.69, 9.17) is 21.1 Å². The number of carbonyl (C=O) groups is 4. The maximum absolute atomic E-state index is 13.3. The van der Waals surface area contributed by atoms with E-state index < -0.39 is 34.2 Å². The van der Waals surface area contributed by atoms with Crippen LogP contribution in [0.4, 0.5) is 5.69 Å². The minimum absolute atomic E-state index is 0.106. The zero-order valence-electron chi connectivity index (χ0n) is 19.7. The molecule has 2 aromatic rings. The average Bonchev–Trinajstić information content (AvgIpc) is 3.41. The highest BCUT2D eigenvalue weighted by Crippen LogP contribution is 2.47. The largest absolute Gasteiger partial charge is 0.461 e. The SMILES string of the molecule is CC(=O)OCC1=C(C(=O)OCc2ccc([N+](=O)[O-])cc2)N2C(=O)C(NC(=O)Cc3cccs3)C2S/C1=C\Cl. The van der Waals surface area contributed by atoms with Crippen LogP contribution in [0.25, 0.3) is 0 Å². The second kappa shape index (κ2) is 11.8. The number of thiophene rings is 1. The Bertz CT molecular complexity index is 1340. The summed E-state index contributed by atoms with van der Waals surface area (Å²) in [7, 11) is 0. The van der Waals surface area contributed by atoms with Crippen molar-refractivity contribution in [2.45, 2.75) is 31.4 Å². The Kier molecular flexibility index (Phi) is 8.49. The molecule has 0 aliphatic carbocycles. The summed E-state index contributed by atoms with van der Waals surface area (Å²) in [5.41, 5.74) is 1.60. The number of non-ortho nitro benzene ring substituents is 1. The summed E-state index contributed by atoms with van der Waals surface area (Å²) in [6, 6.07) is 8.16. The molecule has 0 spiro atoms. The highest BCUT2D eigenvalue weighted by molar-refractivity contribution is 8.04. The fourth-order valence-corrected chi connectivity index (χ4v) is 6.01. The number of rotatable bonds is 9. The highest BCUT2D eigenvalue weighted by Gasteiger charge is 2.55. The lowest BCUT2D eigenvalue weighted by Gasteiger charge is -2.50. The smallest absolute Gasteiger partial charge is 0.355 e. The molecule has 14 heteroatoms. The summed E-state index contributed by atoms with van der Waals surface area (Å²) >= 11 is 8.60. The molecule has 1 saturated heterocycles. The van der Waals surface area contributed by atoms with Crippen molar-refractivity contribution < 1.29 is 33.6 Å². The van der Waals surface area contributed by atoms with Crippen molar-refractivity contribution in [1.29, 1.82) is 0 Å². The zero-order valence-corrected chi connectivity index (χ0v) is 22.1. The monoisotopic (exact) mass is 577 g/mol. The third kappa shape index (κ3) is 5.90. The quantitative estimate of drug-likeness (QED) is 0.205. The van der Waals surface area contributed by atoms with E-state index in [1.54, 1.807) is 0 Å². The molecular formula is C24H20ClN3O8S2. The molecule has 2 atom stereocenters. The first-order valence-electron chi connectivity index (χ1n) is 11.1. The number of esters is 2. The van der Waals surface area contributed by atoms with E-state index in [0.29, 0.717) is 10.5 Å². The normalized spacial score (nSPS) is 19.5. The van der Waals surface area contributed by atoms with Crippen LogP contribution < -0.4 is 5.32 Å². The Morgan fingerprint density at radius 2 is 1.92 bits per heavy atom. The first kappa shape index (κ1) is 27.4. The number of amides is 2. The Morgan fingerprint density at radius 3 is 2.53 bits per heavy atom. The first-order valence-corrected chi connectivity index (χ1v) is 13.3. The van der Waals surface area contributed by atoms with E-state index in [0.717, 1.165) is 16.6 Å². The van der Waals surface area contributed by atoms with Crippen LogP contribution in [-0.2, 0) is 41.7 Å². The summed E-state index contributed by atoms with van der Waals surface area (Å²) < 4.78 is 10.5. The van der Waals surface area contributed by atoms with Crippen molar-refractivity contribution in [3.05, 3.63) is 84.0 Å². The van der Waals surface area contributed by atoms with E-state index in [9.17, 15) is 29.3 Å². The topological polar surface area (TPSA) is 145 Å². The van der Waals surface area contributed by atoms with Gasteiger partial charge < -0.3 is 14.8 Å². The number of benzene rings is 1. The molecule has 2 aliphatic heterocycles. The number of β-lactam (4-membered cyclic amide) rings is 1. The molecule has 2 aliphatic rings. The fraction of sp³-hybridized carbons (Fsp3) is 0.250. The summed E-state index contributed by atoms with van der Waals surface area (Å²) in [5, 5.41) is 14.7. The molecule has 2 amide bonds. The van der Waals surface area contributed by atoms with Crippen molar-refractivity contribution in [2.24, 2.45) is 0 Å². The summed E-state index contributed by atoms with van der Waals surface area (Å²) in [6.07, 6.45) is 0.106. The number of hydrogen-bond donors (Lipinski definition) is 1.